The van der Waals surface area contributed by atoms with Crippen LogP contribution in [0.1, 0.15) is 24.8 Å². The Hall–Kier alpha value is -0.620. The number of likely N-dealkylation sites (tertiary alicyclic amines) is 1. The number of benzene rings is 1. The first kappa shape index (κ1) is 17.7. The number of rotatable bonds is 5. The number of hydrogen-bond acceptors (Lipinski definition) is 3. The molecule has 1 aliphatic heterocycles. The van der Waals surface area contributed by atoms with E-state index < -0.39 is 5.97 Å². The van der Waals surface area contributed by atoms with Crippen molar-refractivity contribution in [3.63, 3.8) is 0 Å². The van der Waals surface area contributed by atoms with Crippen molar-refractivity contribution in [2.45, 2.75) is 31.8 Å². The predicted octanol–water partition coefficient (Wildman–Crippen LogP) is 3.47. The molecule has 1 N–H and O–H groups in total. The molecule has 6 heteroatoms. The van der Waals surface area contributed by atoms with Crippen LogP contribution in [-0.4, -0.2) is 53.6 Å². The second kappa shape index (κ2) is 8.29. The van der Waals surface area contributed by atoms with Gasteiger partial charge in [-0.3, -0.25) is 14.6 Å². The summed E-state index contributed by atoms with van der Waals surface area (Å²) in [6.07, 6.45) is 3.13. The Balaban J connectivity index is 1.93. The van der Waals surface area contributed by atoms with Crippen LogP contribution >= 0.6 is 27.5 Å². The van der Waals surface area contributed by atoms with E-state index in [1.54, 1.807) is 0 Å². The van der Waals surface area contributed by atoms with Gasteiger partial charge in [0.2, 0.25) is 0 Å². The Morgan fingerprint density at radius 1 is 1.45 bits per heavy atom. The Labute approximate surface area is 145 Å². The van der Waals surface area contributed by atoms with Gasteiger partial charge in [0.25, 0.3) is 0 Å². The molecule has 1 saturated heterocycles. The smallest absolute Gasteiger partial charge is 0.317 e. The van der Waals surface area contributed by atoms with Gasteiger partial charge in [-0.15, -0.1) is 0 Å². The minimum absolute atomic E-state index is 0.113. The molecule has 1 atom stereocenters. The van der Waals surface area contributed by atoms with E-state index in [1.165, 1.54) is 0 Å². The second-order valence-electron chi connectivity index (χ2n) is 5.91. The maximum atomic E-state index is 10.8. The maximum absolute atomic E-state index is 10.8. The highest BCUT2D eigenvalue weighted by molar-refractivity contribution is 9.10. The Kier molecular flexibility index (Phi) is 6.68. The van der Waals surface area contributed by atoms with Gasteiger partial charge in [-0.25, -0.2) is 0 Å². The molecule has 22 heavy (non-hydrogen) atoms. The van der Waals surface area contributed by atoms with Crippen LogP contribution in [0.5, 0.6) is 0 Å². The molecule has 1 aromatic carbocycles. The normalized spacial score (nSPS) is 20.1. The largest absolute Gasteiger partial charge is 0.480 e. The van der Waals surface area contributed by atoms with Crippen molar-refractivity contribution in [2.24, 2.45) is 0 Å². The zero-order valence-corrected chi connectivity index (χ0v) is 15.1. The molecule has 4 nitrogen and oxygen atoms in total. The zero-order valence-electron chi connectivity index (χ0n) is 12.8. The summed E-state index contributed by atoms with van der Waals surface area (Å²) >= 11 is 9.76. The number of nitrogens with zero attached hydrogens (tertiary/aromatic N) is 2. The lowest BCUT2D eigenvalue weighted by Gasteiger charge is -2.25. The van der Waals surface area contributed by atoms with Gasteiger partial charge in [0.05, 0.1) is 6.54 Å². The fourth-order valence-corrected chi connectivity index (χ4v) is 3.57. The van der Waals surface area contributed by atoms with Gasteiger partial charge in [0.1, 0.15) is 0 Å². The van der Waals surface area contributed by atoms with Crippen molar-refractivity contribution in [1.29, 1.82) is 0 Å². The zero-order chi connectivity index (χ0) is 16.1. The fourth-order valence-electron chi connectivity index (χ4n) is 2.98. The summed E-state index contributed by atoms with van der Waals surface area (Å²) in [6, 6.07) is 6.29. The van der Waals surface area contributed by atoms with Crippen LogP contribution in [0.25, 0.3) is 0 Å². The molecule has 122 valence electrons. The van der Waals surface area contributed by atoms with Gasteiger partial charge in [-0.2, -0.15) is 0 Å². The lowest BCUT2D eigenvalue weighted by molar-refractivity contribution is -0.138. The maximum Gasteiger partial charge on any atom is 0.317 e. The predicted molar refractivity (Wildman–Crippen MR) is 92.3 cm³/mol. The number of carboxylic acids is 1. The molecule has 1 unspecified atom stereocenters. The molecule has 0 aliphatic carbocycles. The van der Waals surface area contributed by atoms with Crippen LogP contribution in [0, 0.1) is 0 Å². The molecule has 1 heterocycles. The number of hydrogen-bond donors (Lipinski definition) is 1. The average Bonchev–Trinajstić information content (AvgIpc) is 2.68. The van der Waals surface area contributed by atoms with Crippen LogP contribution < -0.4 is 0 Å². The first-order valence-corrected chi connectivity index (χ1v) is 8.71. The minimum atomic E-state index is -0.760. The molecule has 0 saturated carbocycles. The lowest BCUT2D eigenvalue weighted by Crippen LogP contribution is -2.36. The molecule has 0 amide bonds. The Bertz CT molecular complexity index is 527. The van der Waals surface area contributed by atoms with Crippen molar-refractivity contribution >= 4 is 33.5 Å². The van der Waals surface area contributed by atoms with Crippen LogP contribution in [0.15, 0.2) is 22.7 Å². The molecule has 0 aromatic heterocycles. The summed E-state index contributed by atoms with van der Waals surface area (Å²) < 4.78 is 1.04. The van der Waals surface area contributed by atoms with Crippen molar-refractivity contribution in [1.82, 2.24) is 9.80 Å². The Morgan fingerprint density at radius 2 is 2.23 bits per heavy atom. The van der Waals surface area contributed by atoms with E-state index in [9.17, 15) is 4.79 Å². The standard InChI is InChI=1S/C16H22BrClN2O2/c1-19(11-16(21)22)14-3-2-7-20(8-6-14)10-12-9-13(17)4-5-15(12)18/h4-5,9,14H,2-3,6-8,10-11H2,1H3,(H,21,22). The van der Waals surface area contributed by atoms with Crippen molar-refractivity contribution < 1.29 is 9.90 Å². The molecule has 0 radical (unpaired) electrons. The number of halogens is 2. The van der Waals surface area contributed by atoms with Crippen molar-refractivity contribution in [2.75, 3.05) is 26.7 Å². The summed E-state index contributed by atoms with van der Waals surface area (Å²) in [7, 11) is 1.90. The number of aliphatic carboxylic acids is 1. The third-order valence-corrected chi connectivity index (χ3v) is 5.06. The van der Waals surface area contributed by atoms with Gasteiger partial charge in [0.15, 0.2) is 0 Å². The quantitative estimate of drug-likeness (QED) is 0.837. The van der Waals surface area contributed by atoms with Gasteiger partial charge >= 0.3 is 5.97 Å². The molecule has 1 aromatic rings. The second-order valence-corrected chi connectivity index (χ2v) is 7.23. The van der Waals surface area contributed by atoms with Gasteiger partial charge in [-0.1, -0.05) is 27.5 Å². The third kappa shape index (κ3) is 5.23. The number of likely N-dealkylation sites (N-methyl/N-ethyl adjacent to an activating group) is 1. The molecular formula is C16H22BrClN2O2. The van der Waals surface area contributed by atoms with E-state index >= 15 is 0 Å². The molecule has 1 aliphatic rings. The lowest BCUT2D eigenvalue weighted by atomic mass is 10.1. The summed E-state index contributed by atoms with van der Waals surface area (Å²) in [5.41, 5.74) is 1.13. The molecular weight excluding hydrogens is 368 g/mol. The summed E-state index contributed by atoms with van der Waals surface area (Å²) in [5.74, 6) is -0.760. The third-order valence-electron chi connectivity index (χ3n) is 4.20. The first-order chi connectivity index (χ1) is 10.5. The monoisotopic (exact) mass is 388 g/mol. The van der Waals surface area contributed by atoms with Gasteiger partial charge in [0, 0.05) is 22.1 Å². The van der Waals surface area contributed by atoms with Crippen molar-refractivity contribution in [3.8, 4) is 0 Å². The first-order valence-electron chi connectivity index (χ1n) is 7.54. The van der Waals surface area contributed by atoms with E-state index in [-0.39, 0.29) is 6.54 Å². The van der Waals surface area contributed by atoms with E-state index in [4.69, 9.17) is 16.7 Å². The van der Waals surface area contributed by atoms with Crippen LogP contribution in [0.2, 0.25) is 5.02 Å². The minimum Gasteiger partial charge on any atom is -0.480 e. The summed E-state index contributed by atoms with van der Waals surface area (Å²) in [4.78, 5) is 15.2. The molecule has 0 bridgehead atoms. The summed E-state index contributed by atoms with van der Waals surface area (Å²) in [5, 5.41) is 9.72. The van der Waals surface area contributed by atoms with Crippen LogP contribution in [0.3, 0.4) is 0 Å². The van der Waals surface area contributed by atoms with Crippen LogP contribution in [0.4, 0.5) is 0 Å². The topological polar surface area (TPSA) is 43.8 Å². The Morgan fingerprint density at radius 3 is 2.95 bits per heavy atom. The molecule has 0 spiro atoms. The van der Waals surface area contributed by atoms with Crippen molar-refractivity contribution in [3.05, 3.63) is 33.3 Å². The van der Waals surface area contributed by atoms with Crippen LogP contribution in [-0.2, 0) is 11.3 Å². The highest BCUT2D eigenvalue weighted by Gasteiger charge is 2.22. The fraction of sp³-hybridized carbons (Fsp3) is 0.562. The molecule has 1 fully saturated rings. The van der Waals surface area contributed by atoms with E-state index in [1.807, 2.05) is 24.1 Å². The highest BCUT2D eigenvalue weighted by Crippen LogP contribution is 2.24. The van der Waals surface area contributed by atoms with E-state index in [0.717, 1.165) is 54.0 Å². The van der Waals surface area contributed by atoms with E-state index in [0.29, 0.717) is 6.04 Å². The highest BCUT2D eigenvalue weighted by atomic mass is 79.9. The number of carbonyl (C=O) groups is 1. The van der Waals surface area contributed by atoms with Gasteiger partial charge < -0.3 is 5.11 Å². The molecule has 2 rings (SSSR count). The SMILES string of the molecule is CN(CC(=O)O)C1CCCN(Cc2cc(Br)ccc2Cl)CC1. The van der Waals surface area contributed by atoms with E-state index in [2.05, 4.69) is 26.9 Å². The number of carboxylic acid groups (broad SMARTS) is 1. The van der Waals surface area contributed by atoms with Gasteiger partial charge in [-0.05, 0) is 63.2 Å². The average molecular weight is 390 g/mol. The summed E-state index contributed by atoms with van der Waals surface area (Å²) in [6.45, 7) is 2.95.